The van der Waals surface area contributed by atoms with E-state index in [1.54, 1.807) is 11.3 Å². The number of nitrogens with one attached hydrogen (secondary N) is 3. The SMILES string of the molecule is CC/C(CC1=Nc2ccccc2CS1)=C(\NC(=NC)NCc1cccs1)NC1CCC(C)CC1. The summed E-state index contributed by atoms with van der Waals surface area (Å²) in [4.78, 5) is 10.8. The van der Waals surface area contributed by atoms with Crippen molar-refractivity contribution in [3.8, 4) is 0 Å². The number of nitrogens with zero attached hydrogens (tertiary/aromatic N) is 2. The van der Waals surface area contributed by atoms with Crippen LogP contribution in [0.25, 0.3) is 0 Å². The maximum absolute atomic E-state index is 4.99. The maximum Gasteiger partial charge on any atom is 0.196 e. The Morgan fingerprint density at radius 2 is 1.94 bits per heavy atom. The topological polar surface area (TPSA) is 60.8 Å². The number of hydrogen-bond acceptors (Lipinski definition) is 5. The fraction of sp³-hybridized carbons (Fsp3) is 0.481. The van der Waals surface area contributed by atoms with Gasteiger partial charge in [0.1, 0.15) is 5.82 Å². The van der Waals surface area contributed by atoms with Crippen molar-refractivity contribution >= 4 is 39.8 Å². The number of guanidine groups is 1. The van der Waals surface area contributed by atoms with Crippen molar-refractivity contribution in [2.45, 2.75) is 70.7 Å². The van der Waals surface area contributed by atoms with Gasteiger partial charge in [-0.1, -0.05) is 38.1 Å². The molecule has 182 valence electrons. The average Bonchev–Trinajstić information content (AvgIpc) is 3.39. The van der Waals surface area contributed by atoms with E-state index in [0.717, 1.165) is 48.5 Å². The number of aliphatic imine (C=N–C) groups is 2. The van der Waals surface area contributed by atoms with E-state index < -0.39 is 0 Å². The second-order valence-electron chi connectivity index (χ2n) is 9.16. The van der Waals surface area contributed by atoms with Crippen LogP contribution in [0.2, 0.25) is 0 Å². The van der Waals surface area contributed by atoms with Gasteiger partial charge in [0, 0.05) is 30.1 Å². The van der Waals surface area contributed by atoms with Crippen LogP contribution in [-0.2, 0) is 12.3 Å². The largest absolute Gasteiger partial charge is 0.369 e. The van der Waals surface area contributed by atoms with E-state index in [0.29, 0.717) is 6.04 Å². The molecular weight excluding hydrogens is 458 g/mol. The Balaban J connectivity index is 1.53. The third-order valence-electron chi connectivity index (χ3n) is 6.62. The maximum atomic E-state index is 4.99. The molecule has 1 aliphatic heterocycles. The number of rotatable bonds is 8. The van der Waals surface area contributed by atoms with Crippen LogP contribution >= 0.6 is 23.1 Å². The van der Waals surface area contributed by atoms with E-state index in [9.17, 15) is 0 Å². The summed E-state index contributed by atoms with van der Waals surface area (Å²) in [7, 11) is 1.84. The van der Waals surface area contributed by atoms with Crippen LogP contribution in [0, 0.1) is 5.92 Å². The first-order valence-corrected chi connectivity index (χ1v) is 14.3. The lowest BCUT2D eigenvalue weighted by Gasteiger charge is -2.30. The van der Waals surface area contributed by atoms with Gasteiger partial charge in [0.25, 0.3) is 0 Å². The number of benzene rings is 1. The first kappa shape index (κ1) is 24.9. The first-order chi connectivity index (χ1) is 16.6. The molecule has 2 heterocycles. The van der Waals surface area contributed by atoms with Gasteiger partial charge < -0.3 is 16.0 Å². The molecular formula is C27H37N5S2. The Morgan fingerprint density at radius 1 is 1.12 bits per heavy atom. The van der Waals surface area contributed by atoms with E-state index in [2.05, 4.69) is 76.6 Å². The monoisotopic (exact) mass is 495 g/mol. The van der Waals surface area contributed by atoms with Gasteiger partial charge >= 0.3 is 0 Å². The Hall–Kier alpha value is -2.25. The zero-order chi connectivity index (χ0) is 23.8. The van der Waals surface area contributed by atoms with Crippen molar-refractivity contribution in [3.05, 3.63) is 63.6 Å². The van der Waals surface area contributed by atoms with Crippen LogP contribution in [0.4, 0.5) is 5.69 Å². The summed E-state index contributed by atoms with van der Waals surface area (Å²) in [6.45, 7) is 5.38. The molecule has 7 heteroatoms. The lowest BCUT2D eigenvalue weighted by molar-refractivity contribution is 0.318. The highest BCUT2D eigenvalue weighted by molar-refractivity contribution is 8.13. The van der Waals surface area contributed by atoms with Crippen LogP contribution < -0.4 is 16.0 Å². The molecule has 1 aromatic carbocycles. The van der Waals surface area contributed by atoms with Crippen LogP contribution in [0.15, 0.2) is 63.2 Å². The highest BCUT2D eigenvalue weighted by Gasteiger charge is 2.21. The lowest BCUT2D eigenvalue weighted by atomic mass is 9.87. The lowest BCUT2D eigenvalue weighted by Crippen LogP contribution is -2.44. The minimum atomic E-state index is 0.498. The predicted octanol–water partition coefficient (Wildman–Crippen LogP) is 6.57. The van der Waals surface area contributed by atoms with E-state index in [4.69, 9.17) is 4.99 Å². The third kappa shape index (κ3) is 6.89. The van der Waals surface area contributed by atoms with Crippen molar-refractivity contribution in [3.63, 3.8) is 0 Å². The summed E-state index contributed by atoms with van der Waals surface area (Å²) >= 11 is 3.62. The Labute approximate surface area is 212 Å². The molecule has 0 unspecified atom stereocenters. The van der Waals surface area contributed by atoms with Crippen molar-refractivity contribution in [2.24, 2.45) is 15.9 Å². The van der Waals surface area contributed by atoms with Crippen molar-refractivity contribution in [1.82, 2.24) is 16.0 Å². The summed E-state index contributed by atoms with van der Waals surface area (Å²) in [5.74, 6) is 3.72. The average molecular weight is 496 g/mol. The Morgan fingerprint density at radius 3 is 2.68 bits per heavy atom. The van der Waals surface area contributed by atoms with Gasteiger partial charge in [0.05, 0.1) is 17.3 Å². The van der Waals surface area contributed by atoms with Crippen LogP contribution in [0.5, 0.6) is 0 Å². The standard InChI is InChI=1S/C27H37N5S2/c1-4-20(16-25-31-24-10-6-5-8-21(24)18-34-25)26(30-22-13-11-19(2)12-14-22)32-27(28-3)29-17-23-9-7-15-33-23/h5-10,15,19,22,30H,4,11-14,16-18H2,1-3H3,(H2,28,29,32)/b26-20+. The molecule has 0 bridgehead atoms. The highest BCUT2D eigenvalue weighted by Crippen LogP contribution is 2.33. The molecule has 1 aromatic heterocycles. The highest BCUT2D eigenvalue weighted by atomic mass is 32.2. The van der Waals surface area contributed by atoms with E-state index in [1.165, 1.54) is 46.7 Å². The molecule has 0 amide bonds. The number of para-hydroxylation sites is 1. The van der Waals surface area contributed by atoms with Crippen LogP contribution in [0.3, 0.4) is 0 Å². The van der Waals surface area contributed by atoms with Gasteiger partial charge in [-0.15, -0.1) is 23.1 Å². The second kappa shape index (κ2) is 12.5. The second-order valence-corrected chi connectivity index (χ2v) is 11.2. The molecule has 2 aliphatic rings. The molecule has 4 rings (SSSR count). The quantitative estimate of drug-likeness (QED) is 0.286. The summed E-state index contributed by atoms with van der Waals surface area (Å²) in [5.41, 5.74) is 3.79. The zero-order valence-corrected chi connectivity index (χ0v) is 22.2. The Kier molecular flexibility index (Phi) is 9.11. The zero-order valence-electron chi connectivity index (χ0n) is 20.6. The van der Waals surface area contributed by atoms with Gasteiger partial charge in [0.15, 0.2) is 5.96 Å². The van der Waals surface area contributed by atoms with Crippen molar-refractivity contribution < 1.29 is 0 Å². The molecule has 3 N–H and O–H groups in total. The summed E-state index contributed by atoms with van der Waals surface area (Å²) in [5, 5.41) is 14.3. The Bertz CT molecular complexity index is 1020. The minimum absolute atomic E-state index is 0.498. The fourth-order valence-corrected chi connectivity index (χ4v) is 6.10. The number of hydrogen-bond donors (Lipinski definition) is 3. The first-order valence-electron chi connectivity index (χ1n) is 12.4. The van der Waals surface area contributed by atoms with Gasteiger partial charge in [-0.05, 0) is 66.7 Å². The van der Waals surface area contributed by atoms with E-state index >= 15 is 0 Å². The summed E-state index contributed by atoms with van der Waals surface area (Å²) in [6, 6.07) is 13.2. The molecule has 5 nitrogen and oxygen atoms in total. The molecule has 0 saturated heterocycles. The molecule has 0 atom stereocenters. The third-order valence-corrected chi connectivity index (χ3v) is 8.52. The van der Waals surface area contributed by atoms with E-state index in [-0.39, 0.29) is 0 Å². The van der Waals surface area contributed by atoms with Gasteiger partial charge in [0.2, 0.25) is 0 Å². The smallest absolute Gasteiger partial charge is 0.196 e. The van der Waals surface area contributed by atoms with Crippen LogP contribution in [-0.4, -0.2) is 24.1 Å². The van der Waals surface area contributed by atoms with Crippen molar-refractivity contribution in [1.29, 1.82) is 0 Å². The molecule has 34 heavy (non-hydrogen) atoms. The molecule has 1 fully saturated rings. The number of allylic oxidation sites excluding steroid dienone is 1. The molecule has 2 aromatic rings. The fourth-order valence-electron chi connectivity index (χ4n) is 4.45. The normalized spacial score (nSPS) is 21.3. The molecule has 1 aliphatic carbocycles. The summed E-state index contributed by atoms with van der Waals surface area (Å²) < 4.78 is 0. The summed E-state index contributed by atoms with van der Waals surface area (Å²) in [6.07, 6.45) is 6.83. The number of fused-ring (bicyclic) bond motifs is 1. The predicted molar refractivity (Wildman–Crippen MR) is 149 cm³/mol. The van der Waals surface area contributed by atoms with E-state index in [1.807, 2.05) is 18.8 Å². The van der Waals surface area contributed by atoms with Gasteiger partial charge in [-0.25, -0.2) is 4.99 Å². The van der Waals surface area contributed by atoms with Crippen LogP contribution in [0.1, 0.15) is 62.8 Å². The minimum Gasteiger partial charge on any atom is -0.369 e. The van der Waals surface area contributed by atoms with Crippen molar-refractivity contribution in [2.75, 3.05) is 7.05 Å². The molecule has 0 radical (unpaired) electrons. The van der Waals surface area contributed by atoms with Gasteiger partial charge in [-0.2, -0.15) is 0 Å². The number of thiophene rings is 1. The van der Waals surface area contributed by atoms with Gasteiger partial charge in [-0.3, -0.25) is 4.99 Å². The number of thioether (sulfide) groups is 1. The molecule has 1 saturated carbocycles. The molecule has 0 spiro atoms.